The molecule has 1 aromatic carbocycles. The van der Waals surface area contributed by atoms with Gasteiger partial charge in [-0.2, -0.15) is 11.8 Å². The molecule has 0 aliphatic rings. The summed E-state index contributed by atoms with van der Waals surface area (Å²) in [6, 6.07) is 6.13. The van der Waals surface area contributed by atoms with Crippen molar-refractivity contribution in [1.29, 1.82) is 0 Å². The zero-order valence-corrected chi connectivity index (χ0v) is 13.8. The number of amides is 1. The van der Waals surface area contributed by atoms with Gasteiger partial charge in [-0.05, 0) is 60.3 Å². The van der Waals surface area contributed by atoms with Gasteiger partial charge in [0.05, 0.1) is 5.56 Å². The minimum atomic E-state index is 0.0826. The van der Waals surface area contributed by atoms with Gasteiger partial charge in [0.1, 0.15) is 0 Å². The number of thioether (sulfide) groups is 1. The number of carbonyl (C=O) groups excluding carboxylic acids is 1. The number of aryl methyl sites for hydroxylation is 1. The first kappa shape index (κ1) is 15.6. The molecule has 100 valence electrons. The van der Waals surface area contributed by atoms with E-state index >= 15 is 0 Å². The quantitative estimate of drug-likeness (QED) is 0.814. The molecular formula is C14H20BrNOS. The fraction of sp³-hybridized carbons (Fsp3) is 0.500. The first-order valence-electron chi connectivity index (χ1n) is 5.99. The number of halogens is 1. The number of benzene rings is 1. The Balaban J connectivity index is 2.82. The van der Waals surface area contributed by atoms with Gasteiger partial charge in [-0.1, -0.05) is 11.6 Å². The maximum Gasteiger partial charge on any atom is 0.254 e. The first-order valence-corrected chi connectivity index (χ1v) is 8.18. The van der Waals surface area contributed by atoms with E-state index in [1.807, 2.05) is 48.8 Å². The molecular weight excluding hydrogens is 310 g/mol. The fourth-order valence-corrected chi connectivity index (χ4v) is 2.67. The molecule has 4 heteroatoms. The Hall–Kier alpha value is -0.480. The summed E-state index contributed by atoms with van der Waals surface area (Å²) in [5, 5.41) is 0. The second-order valence-corrected chi connectivity index (χ2v) is 6.37. The average molecular weight is 330 g/mol. The average Bonchev–Trinajstić information content (AvgIpc) is 2.37. The lowest BCUT2D eigenvalue weighted by molar-refractivity contribution is 0.0740. The van der Waals surface area contributed by atoms with E-state index in [1.54, 1.807) is 0 Å². The van der Waals surface area contributed by atoms with Crippen LogP contribution in [0.2, 0.25) is 0 Å². The summed E-state index contributed by atoms with van der Waals surface area (Å²) in [6.07, 6.45) is 3.11. The highest BCUT2D eigenvalue weighted by Crippen LogP contribution is 2.21. The van der Waals surface area contributed by atoms with Crippen molar-refractivity contribution in [3.05, 3.63) is 33.8 Å². The molecule has 0 aromatic heterocycles. The molecule has 1 rings (SSSR count). The van der Waals surface area contributed by atoms with E-state index in [2.05, 4.69) is 29.1 Å². The van der Waals surface area contributed by atoms with E-state index in [0.717, 1.165) is 27.8 Å². The molecule has 2 nitrogen and oxygen atoms in total. The van der Waals surface area contributed by atoms with Crippen LogP contribution in [-0.4, -0.2) is 35.9 Å². The summed E-state index contributed by atoms with van der Waals surface area (Å²) in [7, 11) is 1.88. The van der Waals surface area contributed by atoms with Crippen molar-refractivity contribution < 1.29 is 4.79 Å². The third-order valence-electron chi connectivity index (χ3n) is 3.07. The predicted molar refractivity (Wildman–Crippen MR) is 83.4 cm³/mol. The molecule has 0 aliphatic heterocycles. The molecule has 0 fully saturated rings. The van der Waals surface area contributed by atoms with Gasteiger partial charge in [0, 0.05) is 17.6 Å². The smallest absolute Gasteiger partial charge is 0.254 e. The highest BCUT2D eigenvalue weighted by molar-refractivity contribution is 9.10. The van der Waals surface area contributed by atoms with Crippen LogP contribution in [0.3, 0.4) is 0 Å². The summed E-state index contributed by atoms with van der Waals surface area (Å²) in [6.45, 7) is 4.10. The van der Waals surface area contributed by atoms with Crippen LogP contribution in [0.15, 0.2) is 22.7 Å². The van der Waals surface area contributed by atoms with Crippen LogP contribution in [0, 0.1) is 6.92 Å². The highest BCUT2D eigenvalue weighted by Gasteiger charge is 2.19. The minimum absolute atomic E-state index is 0.0826. The number of hydrogen-bond donors (Lipinski definition) is 0. The van der Waals surface area contributed by atoms with Crippen molar-refractivity contribution in [3.8, 4) is 0 Å². The summed E-state index contributed by atoms with van der Waals surface area (Å²) in [5.74, 6) is 1.16. The van der Waals surface area contributed by atoms with Crippen LogP contribution < -0.4 is 0 Å². The van der Waals surface area contributed by atoms with Gasteiger partial charge in [-0.15, -0.1) is 0 Å². The second-order valence-electron chi connectivity index (χ2n) is 4.53. The normalized spacial score (nSPS) is 12.3. The molecule has 0 N–H and O–H groups in total. The molecule has 0 saturated carbocycles. The molecule has 0 saturated heterocycles. The largest absolute Gasteiger partial charge is 0.339 e. The Morgan fingerprint density at radius 2 is 2.17 bits per heavy atom. The lowest BCUT2D eigenvalue weighted by atomic mass is 10.1. The maximum atomic E-state index is 12.4. The van der Waals surface area contributed by atoms with Gasteiger partial charge in [-0.3, -0.25) is 4.79 Å². The zero-order valence-electron chi connectivity index (χ0n) is 11.4. The molecule has 18 heavy (non-hydrogen) atoms. The molecule has 0 radical (unpaired) electrons. The van der Waals surface area contributed by atoms with Gasteiger partial charge in [0.2, 0.25) is 0 Å². The Bertz CT molecular complexity index is 422. The number of carbonyl (C=O) groups is 1. The van der Waals surface area contributed by atoms with Crippen molar-refractivity contribution in [3.63, 3.8) is 0 Å². The lowest BCUT2D eigenvalue weighted by Crippen LogP contribution is -2.35. The maximum absolute atomic E-state index is 12.4. The second kappa shape index (κ2) is 7.19. The molecule has 1 atom stereocenters. The van der Waals surface area contributed by atoms with Gasteiger partial charge >= 0.3 is 0 Å². The van der Waals surface area contributed by atoms with Crippen molar-refractivity contribution in [1.82, 2.24) is 4.90 Å². The number of nitrogens with zero attached hydrogens (tertiary/aromatic N) is 1. The van der Waals surface area contributed by atoms with Crippen LogP contribution in [0.25, 0.3) is 0 Å². The van der Waals surface area contributed by atoms with E-state index in [9.17, 15) is 4.79 Å². The van der Waals surface area contributed by atoms with Crippen molar-refractivity contribution in [2.24, 2.45) is 0 Å². The van der Waals surface area contributed by atoms with E-state index in [1.165, 1.54) is 0 Å². The van der Waals surface area contributed by atoms with Gasteiger partial charge in [0.15, 0.2) is 0 Å². The van der Waals surface area contributed by atoms with Crippen LogP contribution >= 0.6 is 27.7 Å². The fourth-order valence-electron chi connectivity index (χ4n) is 1.68. The number of rotatable bonds is 5. The third-order valence-corrected chi connectivity index (χ3v) is 4.41. The van der Waals surface area contributed by atoms with E-state index in [4.69, 9.17) is 0 Å². The molecule has 1 unspecified atom stereocenters. The molecule has 0 heterocycles. The minimum Gasteiger partial charge on any atom is -0.339 e. The molecule has 0 aliphatic carbocycles. The van der Waals surface area contributed by atoms with E-state index in [-0.39, 0.29) is 11.9 Å². The number of hydrogen-bond acceptors (Lipinski definition) is 2. The van der Waals surface area contributed by atoms with Crippen LogP contribution in [0.1, 0.15) is 29.3 Å². The Kier molecular flexibility index (Phi) is 6.22. The Labute approximate surface area is 122 Å². The highest BCUT2D eigenvalue weighted by atomic mass is 79.9. The van der Waals surface area contributed by atoms with Crippen molar-refractivity contribution >= 4 is 33.6 Å². The summed E-state index contributed by atoms with van der Waals surface area (Å²) in [4.78, 5) is 14.2. The topological polar surface area (TPSA) is 20.3 Å². The van der Waals surface area contributed by atoms with Gasteiger partial charge in [-0.25, -0.2) is 0 Å². The summed E-state index contributed by atoms with van der Waals surface area (Å²) in [5.41, 5.74) is 1.85. The SMILES string of the molecule is CSCCC(C)N(C)C(=O)c1cc(C)ccc1Br. The third kappa shape index (κ3) is 4.02. The van der Waals surface area contributed by atoms with Crippen LogP contribution in [-0.2, 0) is 0 Å². The standard InChI is InChI=1S/C14H20BrNOS/c1-10-5-6-13(15)12(9-10)14(17)16(3)11(2)7-8-18-4/h5-6,9,11H,7-8H2,1-4H3. The molecule has 0 bridgehead atoms. The predicted octanol–water partition coefficient (Wildman–Crippen LogP) is 3.97. The molecule has 1 aromatic rings. The summed E-state index contributed by atoms with van der Waals surface area (Å²) >= 11 is 5.26. The zero-order chi connectivity index (χ0) is 13.7. The molecule has 0 spiro atoms. The monoisotopic (exact) mass is 329 g/mol. The Morgan fingerprint density at radius 3 is 2.78 bits per heavy atom. The van der Waals surface area contributed by atoms with Gasteiger partial charge in [0.25, 0.3) is 5.91 Å². The Morgan fingerprint density at radius 1 is 1.50 bits per heavy atom. The van der Waals surface area contributed by atoms with Crippen molar-refractivity contribution in [2.45, 2.75) is 26.3 Å². The van der Waals surface area contributed by atoms with Gasteiger partial charge < -0.3 is 4.90 Å². The first-order chi connectivity index (χ1) is 8.47. The molecule has 1 amide bonds. The van der Waals surface area contributed by atoms with Crippen LogP contribution in [0.5, 0.6) is 0 Å². The lowest BCUT2D eigenvalue weighted by Gasteiger charge is -2.25. The van der Waals surface area contributed by atoms with Crippen molar-refractivity contribution in [2.75, 3.05) is 19.1 Å². The summed E-state index contributed by atoms with van der Waals surface area (Å²) < 4.78 is 0.863. The van der Waals surface area contributed by atoms with Crippen LogP contribution in [0.4, 0.5) is 0 Å². The van der Waals surface area contributed by atoms with E-state index in [0.29, 0.717) is 0 Å². The van der Waals surface area contributed by atoms with E-state index < -0.39 is 0 Å².